The first-order valence-electron chi connectivity index (χ1n) is 8.84. The van der Waals surface area contributed by atoms with Crippen LogP contribution < -0.4 is 10.9 Å². The molecule has 0 unspecified atom stereocenters. The van der Waals surface area contributed by atoms with Crippen molar-refractivity contribution < 1.29 is 19.1 Å². The van der Waals surface area contributed by atoms with Gasteiger partial charge in [-0.1, -0.05) is 54.6 Å². The topological polar surface area (TPSA) is 84.5 Å². The van der Waals surface area contributed by atoms with Crippen molar-refractivity contribution in [2.24, 2.45) is 0 Å². The third kappa shape index (κ3) is 3.95. The van der Waals surface area contributed by atoms with Crippen molar-refractivity contribution in [2.45, 2.75) is 0 Å². The summed E-state index contributed by atoms with van der Waals surface area (Å²) in [5.74, 6) is -1.66. The second-order valence-electron chi connectivity index (χ2n) is 6.25. The van der Waals surface area contributed by atoms with Gasteiger partial charge in [-0.05, 0) is 39.1 Å². The number of fused-ring (bicyclic) bond motifs is 2. The molecule has 0 radical (unpaired) electrons. The highest BCUT2D eigenvalue weighted by atomic mass is 32.1. The Morgan fingerprint density at radius 1 is 0.828 bits per heavy atom. The minimum atomic E-state index is -0.632. The Balaban J connectivity index is 1.49. The minimum Gasteiger partial charge on any atom is -0.452 e. The first-order chi connectivity index (χ1) is 14.1. The maximum atomic E-state index is 12.8. The highest BCUT2D eigenvalue weighted by Gasteiger charge is 2.17. The molecule has 0 spiro atoms. The molecule has 2 N–H and O–H groups in total. The lowest BCUT2D eigenvalue weighted by molar-refractivity contribution is -0.125. The summed E-state index contributed by atoms with van der Waals surface area (Å²) in [6.07, 6.45) is 0. The van der Waals surface area contributed by atoms with E-state index in [2.05, 4.69) is 10.9 Å². The van der Waals surface area contributed by atoms with Gasteiger partial charge in [0, 0.05) is 0 Å². The molecule has 0 aliphatic heterocycles. The lowest BCUT2D eigenvalue weighted by atomic mass is 9.97. The Morgan fingerprint density at radius 2 is 1.48 bits per heavy atom. The zero-order valence-corrected chi connectivity index (χ0v) is 16.0. The zero-order chi connectivity index (χ0) is 20.2. The number of hydrazine groups is 1. The number of amides is 2. The Kier molecular flexibility index (Phi) is 5.22. The Labute approximate surface area is 170 Å². The van der Waals surface area contributed by atoms with Crippen LogP contribution in [0.15, 0.2) is 72.1 Å². The largest absolute Gasteiger partial charge is 0.452 e. The molecule has 0 aliphatic rings. The predicted octanol–water partition coefficient (Wildman–Crippen LogP) is 3.67. The maximum absolute atomic E-state index is 12.8. The smallest absolute Gasteiger partial charge is 0.339 e. The summed E-state index contributed by atoms with van der Waals surface area (Å²) in [5, 5.41) is 5.08. The first kappa shape index (κ1) is 18.6. The van der Waals surface area contributed by atoms with Gasteiger partial charge in [-0.2, -0.15) is 0 Å². The fourth-order valence-corrected chi connectivity index (χ4v) is 3.69. The molecule has 3 aromatic carbocycles. The van der Waals surface area contributed by atoms with Crippen molar-refractivity contribution >= 4 is 50.7 Å². The summed E-state index contributed by atoms with van der Waals surface area (Å²) < 4.78 is 5.23. The number of carbonyl (C=O) groups excluding carboxylic acids is 3. The second kappa shape index (κ2) is 8.12. The number of ether oxygens (including phenoxy) is 1. The molecule has 7 heteroatoms. The second-order valence-corrected chi connectivity index (χ2v) is 7.20. The van der Waals surface area contributed by atoms with Crippen LogP contribution in [-0.2, 0) is 9.53 Å². The van der Waals surface area contributed by atoms with Crippen LogP contribution in [0.1, 0.15) is 20.0 Å². The van der Waals surface area contributed by atoms with Crippen molar-refractivity contribution in [2.75, 3.05) is 6.61 Å². The standard InChI is InChI=1S/C22H16N2O4S/c25-19(23-24-21(26)18-10-5-11-29-18)13-28-22(27)20-16-8-3-1-6-14(16)12-15-7-2-4-9-17(15)20/h1-12H,13H2,(H,23,25)(H,24,26). The van der Waals surface area contributed by atoms with E-state index in [0.29, 0.717) is 10.4 Å². The average Bonchev–Trinajstić information content (AvgIpc) is 3.29. The summed E-state index contributed by atoms with van der Waals surface area (Å²) in [5.41, 5.74) is 4.94. The molecule has 1 heterocycles. The van der Waals surface area contributed by atoms with E-state index >= 15 is 0 Å². The predicted molar refractivity (Wildman–Crippen MR) is 112 cm³/mol. The van der Waals surface area contributed by atoms with Crippen molar-refractivity contribution in [1.82, 2.24) is 10.9 Å². The number of benzene rings is 3. The molecule has 0 saturated carbocycles. The van der Waals surface area contributed by atoms with E-state index in [9.17, 15) is 14.4 Å². The van der Waals surface area contributed by atoms with Crippen LogP contribution in [0, 0.1) is 0 Å². The van der Waals surface area contributed by atoms with E-state index < -0.39 is 24.4 Å². The molecule has 0 fully saturated rings. The van der Waals surface area contributed by atoms with E-state index in [1.807, 2.05) is 54.6 Å². The summed E-state index contributed by atoms with van der Waals surface area (Å²) in [6.45, 7) is -0.513. The molecule has 29 heavy (non-hydrogen) atoms. The third-order valence-electron chi connectivity index (χ3n) is 4.37. The number of carbonyl (C=O) groups is 3. The molecule has 0 aliphatic carbocycles. The van der Waals surface area contributed by atoms with Gasteiger partial charge in [0.25, 0.3) is 11.8 Å². The van der Waals surface area contributed by atoms with Crippen LogP contribution in [-0.4, -0.2) is 24.4 Å². The number of thiophene rings is 1. The van der Waals surface area contributed by atoms with Crippen molar-refractivity contribution in [1.29, 1.82) is 0 Å². The highest BCUT2D eigenvalue weighted by molar-refractivity contribution is 7.12. The lowest BCUT2D eigenvalue weighted by Gasteiger charge is -2.11. The summed E-state index contributed by atoms with van der Waals surface area (Å²) in [6, 6.07) is 20.4. The molecule has 6 nitrogen and oxygen atoms in total. The van der Waals surface area contributed by atoms with Gasteiger partial charge in [-0.15, -0.1) is 11.3 Å². The van der Waals surface area contributed by atoms with Crippen LogP contribution in [0.3, 0.4) is 0 Å². The first-order valence-corrected chi connectivity index (χ1v) is 9.72. The lowest BCUT2D eigenvalue weighted by Crippen LogP contribution is -2.43. The molecular weight excluding hydrogens is 388 g/mol. The van der Waals surface area contributed by atoms with Crippen LogP contribution in [0.2, 0.25) is 0 Å². The van der Waals surface area contributed by atoms with Gasteiger partial charge in [0.15, 0.2) is 6.61 Å². The van der Waals surface area contributed by atoms with Gasteiger partial charge in [0.05, 0.1) is 10.4 Å². The molecule has 144 valence electrons. The van der Waals surface area contributed by atoms with Crippen LogP contribution in [0.25, 0.3) is 21.5 Å². The number of nitrogens with one attached hydrogen (secondary N) is 2. The van der Waals surface area contributed by atoms with Crippen molar-refractivity contribution in [3.8, 4) is 0 Å². The highest BCUT2D eigenvalue weighted by Crippen LogP contribution is 2.29. The molecular formula is C22H16N2O4S. The fraction of sp³-hybridized carbons (Fsp3) is 0.0455. The fourth-order valence-electron chi connectivity index (χ4n) is 3.07. The molecule has 1 aromatic heterocycles. The molecule has 4 aromatic rings. The summed E-state index contributed by atoms with van der Waals surface area (Å²) >= 11 is 1.25. The number of esters is 1. The molecule has 0 atom stereocenters. The van der Waals surface area contributed by atoms with Gasteiger partial charge in [0.1, 0.15) is 0 Å². The van der Waals surface area contributed by atoms with Crippen molar-refractivity contribution in [3.05, 3.63) is 82.6 Å². The van der Waals surface area contributed by atoms with E-state index in [0.717, 1.165) is 21.5 Å². The number of rotatable bonds is 4. The molecule has 2 amide bonds. The van der Waals surface area contributed by atoms with E-state index in [4.69, 9.17) is 4.74 Å². The monoisotopic (exact) mass is 404 g/mol. The normalized spacial score (nSPS) is 10.6. The minimum absolute atomic E-state index is 0.411. The van der Waals surface area contributed by atoms with Gasteiger partial charge >= 0.3 is 5.97 Å². The van der Waals surface area contributed by atoms with Crippen LogP contribution in [0.5, 0.6) is 0 Å². The Bertz CT molecular complexity index is 1160. The molecule has 0 bridgehead atoms. The van der Waals surface area contributed by atoms with Crippen LogP contribution in [0.4, 0.5) is 0 Å². The van der Waals surface area contributed by atoms with Crippen LogP contribution >= 0.6 is 11.3 Å². The van der Waals surface area contributed by atoms with Gasteiger partial charge < -0.3 is 4.74 Å². The third-order valence-corrected chi connectivity index (χ3v) is 5.24. The number of hydrogen-bond acceptors (Lipinski definition) is 5. The Hall–Kier alpha value is -3.71. The average molecular weight is 404 g/mol. The van der Waals surface area contributed by atoms with E-state index in [1.165, 1.54) is 11.3 Å². The molecule has 0 saturated heterocycles. The molecule has 4 rings (SSSR count). The zero-order valence-electron chi connectivity index (χ0n) is 15.2. The summed E-state index contributed by atoms with van der Waals surface area (Å²) in [7, 11) is 0. The Morgan fingerprint density at radius 3 is 2.10 bits per heavy atom. The quantitative estimate of drug-likeness (QED) is 0.309. The van der Waals surface area contributed by atoms with Gasteiger partial charge in [-0.3, -0.25) is 20.4 Å². The summed E-state index contributed by atoms with van der Waals surface area (Å²) in [4.78, 5) is 37.1. The number of hydrogen-bond donors (Lipinski definition) is 2. The van der Waals surface area contributed by atoms with E-state index in [-0.39, 0.29) is 0 Å². The van der Waals surface area contributed by atoms with Gasteiger partial charge in [0.2, 0.25) is 0 Å². The van der Waals surface area contributed by atoms with Crippen molar-refractivity contribution in [3.63, 3.8) is 0 Å². The van der Waals surface area contributed by atoms with E-state index in [1.54, 1.807) is 17.5 Å². The maximum Gasteiger partial charge on any atom is 0.339 e. The SMILES string of the molecule is O=C(COC(=O)c1c2ccccc2cc2ccccc12)NNC(=O)c1cccs1. The van der Waals surface area contributed by atoms with Gasteiger partial charge in [-0.25, -0.2) is 4.79 Å².